The fourth-order valence-corrected chi connectivity index (χ4v) is 2.83. The summed E-state index contributed by atoms with van der Waals surface area (Å²) in [5.74, 6) is -0.204. The van der Waals surface area contributed by atoms with Gasteiger partial charge >= 0.3 is 0 Å². The first-order valence-corrected chi connectivity index (χ1v) is 7.31. The van der Waals surface area contributed by atoms with Gasteiger partial charge in [-0.05, 0) is 49.9 Å². The largest absolute Gasteiger partial charge is 0.369 e. The van der Waals surface area contributed by atoms with Crippen LogP contribution < -0.4 is 11.5 Å². The molecule has 0 spiro atoms. The van der Waals surface area contributed by atoms with E-state index in [1.807, 2.05) is 0 Å². The molecule has 1 aliphatic heterocycles. The van der Waals surface area contributed by atoms with E-state index in [0.717, 1.165) is 38.0 Å². The molecule has 1 aromatic carbocycles. The summed E-state index contributed by atoms with van der Waals surface area (Å²) in [4.78, 5) is 13.6. The van der Waals surface area contributed by atoms with Crippen molar-refractivity contribution in [3.63, 3.8) is 0 Å². The summed E-state index contributed by atoms with van der Waals surface area (Å²) >= 11 is 0. The van der Waals surface area contributed by atoms with Gasteiger partial charge in [0.15, 0.2) is 0 Å². The van der Waals surface area contributed by atoms with Crippen LogP contribution in [-0.4, -0.2) is 30.4 Å². The first-order valence-electron chi connectivity index (χ1n) is 7.31. The SMILES string of the molecule is Cc1ccc(C(N)CN2CCCC(C(N)=O)C2)cc1C. The number of amides is 1. The fraction of sp³-hybridized carbons (Fsp3) is 0.562. The van der Waals surface area contributed by atoms with Gasteiger partial charge in [-0.3, -0.25) is 4.79 Å². The number of hydrogen-bond acceptors (Lipinski definition) is 3. The van der Waals surface area contributed by atoms with Gasteiger partial charge in [-0.25, -0.2) is 0 Å². The van der Waals surface area contributed by atoms with E-state index in [1.165, 1.54) is 11.1 Å². The third kappa shape index (κ3) is 3.58. The molecule has 20 heavy (non-hydrogen) atoms. The number of nitrogens with two attached hydrogens (primary N) is 2. The van der Waals surface area contributed by atoms with Crippen molar-refractivity contribution >= 4 is 5.91 Å². The van der Waals surface area contributed by atoms with E-state index in [4.69, 9.17) is 11.5 Å². The van der Waals surface area contributed by atoms with E-state index >= 15 is 0 Å². The van der Waals surface area contributed by atoms with Crippen LogP contribution in [0.4, 0.5) is 0 Å². The summed E-state index contributed by atoms with van der Waals surface area (Å²) < 4.78 is 0. The zero-order chi connectivity index (χ0) is 14.7. The Bertz CT molecular complexity index is 487. The summed E-state index contributed by atoms with van der Waals surface area (Å²) in [5, 5.41) is 0. The number of hydrogen-bond donors (Lipinski definition) is 2. The van der Waals surface area contributed by atoms with Crippen molar-refractivity contribution in [2.45, 2.75) is 32.7 Å². The van der Waals surface area contributed by atoms with Crippen LogP contribution >= 0.6 is 0 Å². The van der Waals surface area contributed by atoms with Gasteiger partial charge in [0, 0.05) is 19.1 Å². The molecule has 0 radical (unpaired) electrons. The Morgan fingerprint density at radius 2 is 2.15 bits per heavy atom. The van der Waals surface area contributed by atoms with Gasteiger partial charge < -0.3 is 16.4 Å². The molecule has 1 heterocycles. The van der Waals surface area contributed by atoms with Crippen LogP contribution in [0.5, 0.6) is 0 Å². The van der Waals surface area contributed by atoms with E-state index in [1.54, 1.807) is 0 Å². The standard InChI is InChI=1S/C16H25N3O/c1-11-5-6-13(8-12(11)2)15(17)10-19-7-3-4-14(9-19)16(18)20/h5-6,8,14-15H,3-4,7,9-10,17H2,1-2H3,(H2,18,20). The van der Waals surface area contributed by atoms with Gasteiger partial charge in [-0.1, -0.05) is 18.2 Å². The second-order valence-electron chi connectivity index (χ2n) is 5.95. The highest BCUT2D eigenvalue weighted by atomic mass is 16.1. The maximum absolute atomic E-state index is 11.3. The fourth-order valence-electron chi connectivity index (χ4n) is 2.83. The molecule has 2 atom stereocenters. The molecule has 4 nitrogen and oxygen atoms in total. The number of carbonyl (C=O) groups excluding carboxylic acids is 1. The molecule has 4 N–H and O–H groups in total. The Hall–Kier alpha value is -1.39. The maximum Gasteiger partial charge on any atom is 0.221 e. The molecule has 1 aliphatic rings. The molecule has 0 aromatic heterocycles. The third-order valence-electron chi connectivity index (χ3n) is 4.32. The van der Waals surface area contributed by atoms with Crippen molar-refractivity contribution in [1.29, 1.82) is 0 Å². The minimum absolute atomic E-state index is 0.0130. The maximum atomic E-state index is 11.3. The van der Waals surface area contributed by atoms with Gasteiger partial charge in [0.05, 0.1) is 5.92 Å². The number of piperidine rings is 1. The van der Waals surface area contributed by atoms with Gasteiger partial charge in [-0.2, -0.15) is 0 Å². The summed E-state index contributed by atoms with van der Waals surface area (Å²) in [7, 11) is 0. The van der Waals surface area contributed by atoms with Crippen LogP contribution in [0.2, 0.25) is 0 Å². The normalized spacial score (nSPS) is 21.6. The Kier molecular flexibility index (Phi) is 4.78. The van der Waals surface area contributed by atoms with Crippen molar-refractivity contribution in [3.8, 4) is 0 Å². The van der Waals surface area contributed by atoms with E-state index < -0.39 is 0 Å². The highest BCUT2D eigenvalue weighted by Crippen LogP contribution is 2.20. The predicted molar refractivity (Wildman–Crippen MR) is 81.2 cm³/mol. The lowest BCUT2D eigenvalue weighted by Gasteiger charge is -2.33. The van der Waals surface area contributed by atoms with Crippen molar-refractivity contribution in [2.24, 2.45) is 17.4 Å². The predicted octanol–water partition coefficient (Wildman–Crippen LogP) is 1.50. The van der Waals surface area contributed by atoms with Crippen molar-refractivity contribution in [1.82, 2.24) is 4.90 Å². The Morgan fingerprint density at radius 3 is 2.80 bits per heavy atom. The Labute approximate surface area is 121 Å². The molecule has 1 fully saturated rings. The first kappa shape index (κ1) is 15.0. The second-order valence-corrected chi connectivity index (χ2v) is 5.95. The average molecular weight is 275 g/mol. The van der Waals surface area contributed by atoms with Crippen LogP contribution in [-0.2, 0) is 4.79 Å². The minimum atomic E-state index is -0.186. The van der Waals surface area contributed by atoms with Crippen LogP contribution in [0, 0.1) is 19.8 Å². The molecule has 110 valence electrons. The molecule has 1 saturated heterocycles. The zero-order valence-corrected chi connectivity index (χ0v) is 12.4. The van der Waals surface area contributed by atoms with Crippen LogP contribution in [0.15, 0.2) is 18.2 Å². The number of rotatable bonds is 4. The molecule has 4 heteroatoms. The summed E-state index contributed by atoms with van der Waals surface area (Å²) in [6, 6.07) is 6.37. The van der Waals surface area contributed by atoms with Crippen molar-refractivity contribution < 1.29 is 4.79 Å². The zero-order valence-electron chi connectivity index (χ0n) is 12.4. The first-order chi connectivity index (χ1) is 9.47. The summed E-state index contributed by atoms with van der Waals surface area (Å²) in [6.07, 6.45) is 1.93. The monoisotopic (exact) mass is 275 g/mol. The molecule has 1 amide bonds. The highest BCUT2D eigenvalue weighted by molar-refractivity contribution is 5.76. The molecule has 0 saturated carbocycles. The number of aryl methyl sites for hydroxylation is 2. The molecular weight excluding hydrogens is 250 g/mol. The topological polar surface area (TPSA) is 72.3 Å². The number of likely N-dealkylation sites (tertiary alicyclic amines) is 1. The molecule has 2 unspecified atom stereocenters. The van der Waals surface area contributed by atoms with E-state index in [2.05, 4.69) is 36.9 Å². The lowest BCUT2D eigenvalue weighted by atomic mass is 9.96. The van der Waals surface area contributed by atoms with Gasteiger partial charge in [0.25, 0.3) is 0 Å². The summed E-state index contributed by atoms with van der Waals surface area (Å²) in [6.45, 7) is 6.74. The molecular formula is C16H25N3O. The van der Waals surface area contributed by atoms with Crippen molar-refractivity contribution in [3.05, 3.63) is 34.9 Å². The number of carbonyl (C=O) groups is 1. The van der Waals surface area contributed by atoms with Crippen LogP contribution in [0.1, 0.15) is 35.6 Å². The number of benzene rings is 1. The second kappa shape index (κ2) is 6.37. The number of nitrogens with zero attached hydrogens (tertiary/aromatic N) is 1. The van der Waals surface area contributed by atoms with E-state index in [-0.39, 0.29) is 17.9 Å². The minimum Gasteiger partial charge on any atom is -0.369 e. The van der Waals surface area contributed by atoms with Gasteiger partial charge in [0.1, 0.15) is 0 Å². The lowest BCUT2D eigenvalue weighted by Crippen LogP contribution is -2.43. The smallest absolute Gasteiger partial charge is 0.221 e. The Morgan fingerprint density at radius 1 is 1.40 bits per heavy atom. The van der Waals surface area contributed by atoms with Crippen LogP contribution in [0.3, 0.4) is 0 Å². The highest BCUT2D eigenvalue weighted by Gasteiger charge is 2.25. The van der Waals surface area contributed by atoms with Gasteiger partial charge in [-0.15, -0.1) is 0 Å². The number of primary amides is 1. The molecule has 0 bridgehead atoms. The van der Waals surface area contributed by atoms with Crippen molar-refractivity contribution in [2.75, 3.05) is 19.6 Å². The molecule has 1 aromatic rings. The quantitative estimate of drug-likeness (QED) is 0.874. The van der Waals surface area contributed by atoms with E-state index in [0.29, 0.717) is 0 Å². The van der Waals surface area contributed by atoms with Gasteiger partial charge in [0.2, 0.25) is 5.91 Å². The van der Waals surface area contributed by atoms with Crippen LogP contribution in [0.25, 0.3) is 0 Å². The summed E-state index contributed by atoms with van der Waals surface area (Å²) in [5.41, 5.74) is 15.4. The average Bonchev–Trinajstić information content (AvgIpc) is 2.42. The molecule has 2 rings (SSSR count). The van der Waals surface area contributed by atoms with E-state index in [9.17, 15) is 4.79 Å². The Balaban J connectivity index is 1.98. The molecule has 0 aliphatic carbocycles. The third-order valence-corrected chi connectivity index (χ3v) is 4.32. The lowest BCUT2D eigenvalue weighted by molar-refractivity contribution is -0.123.